The van der Waals surface area contributed by atoms with Gasteiger partial charge in [-0.3, -0.25) is 0 Å². The van der Waals surface area contributed by atoms with Crippen molar-refractivity contribution in [3.05, 3.63) is 11.8 Å². The van der Waals surface area contributed by atoms with Gasteiger partial charge in [0.25, 0.3) is 0 Å². The fourth-order valence-electron chi connectivity index (χ4n) is 2.72. The molecular formula is C14H25N3O. The van der Waals surface area contributed by atoms with Crippen LogP contribution in [0.2, 0.25) is 0 Å². The molecule has 1 unspecified atom stereocenters. The van der Waals surface area contributed by atoms with Gasteiger partial charge in [-0.25, -0.2) is 0 Å². The van der Waals surface area contributed by atoms with E-state index in [0.717, 1.165) is 5.89 Å². The zero-order valence-corrected chi connectivity index (χ0v) is 12.0. The Morgan fingerprint density at radius 1 is 1.33 bits per heavy atom. The van der Waals surface area contributed by atoms with E-state index in [9.17, 15) is 0 Å². The van der Waals surface area contributed by atoms with Crippen LogP contribution in [0.3, 0.4) is 0 Å². The molecule has 1 aliphatic carbocycles. The quantitative estimate of drug-likeness (QED) is 0.892. The lowest BCUT2D eigenvalue weighted by Crippen LogP contribution is -2.26. The molecule has 0 saturated heterocycles. The first kappa shape index (κ1) is 13.5. The molecule has 1 heterocycles. The number of nitrogens with one attached hydrogen (secondary N) is 1. The van der Waals surface area contributed by atoms with Gasteiger partial charge in [-0.05, 0) is 18.3 Å². The van der Waals surface area contributed by atoms with Crippen molar-refractivity contribution in [3.63, 3.8) is 0 Å². The summed E-state index contributed by atoms with van der Waals surface area (Å²) in [6, 6.07) is 0.437. The number of hydrogen-bond donors (Lipinski definition) is 1. The Balaban J connectivity index is 2.04. The van der Waals surface area contributed by atoms with Gasteiger partial charge in [0, 0.05) is 12.0 Å². The second-order valence-electron chi connectivity index (χ2n) is 6.36. The van der Waals surface area contributed by atoms with Crippen LogP contribution in [0.1, 0.15) is 71.1 Å². The lowest BCUT2D eigenvalue weighted by molar-refractivity contribution is 0.171. The summed E-state index contributed by atoms with van der Waals surface area (Å²) in [5.74, 6) is 1.96. The summed E-state index contributed by atoms with van der Waals surface area (Å²) < 4.78 is 5.82. The second kappa shape index (κ2) is 5.39. The minimum absolute atomic E-state index is 0.285. The number of hydrogen-bond acceptors (Lipinski definition) is 4. The zero-order chi connectivity index (χ0) is 13.2. The Hall–Kier alpha value is -0.900. The lowest BCUT2D eigenvalue weighted by Gasteiger charge is -2.36. The van der Waals surface area contributed by atoms with Crippen molar-refractivity contribution in [3.8, 4) is 0 Å². The molecule has 1 aromatic rings. The summed E-state index contributed by atoms with van der Waals surface area (Å²) in [6.45, 7) is 9.51. The molecule has 18 heavy (non-hydrogen) atoms. The van der Waals surface area contributed by atoms with Crippen LogP contribution in [0, 0.1) is 5.41 Å². The normalized spacial score (nSPS) is 23.5. The van der Waals surface area contributed by atoms with Crippen LogP contribution in [0.4, 0.5) is 0 Å². The van der Waals surface area contributed by atoms with E-state index in [-0.39, 0.29) is 5.41 Å². The fourth-order valence-corrected chi connectivity index (χ4v) is 2.72. The fraction of sp³-hybridized carbons (Fsp3) is 0.857. The molecular weight excluding hydrogens is 226 g/mol. The van der Waals surface area contributed by atoms with Gasteiger partial charge in [0.05, 0.1) is 6.54 Å². The van der Waals surface area contributed by atoms with Gasteiger partial charge in [0.2, 0.25) is 11.8 Å². The Bertz CT molecular complexity index is 384. The van der Waals surface area contributed by atoms with Crippen molar-refractivity contribution >= 4 is 0 Å². The number of aromatic nitrogens is 2. The Morgan fingerprint density at radius 2 is 2.11 bits per heavy atom. The molecule has 0 aliphatic heterocycles. The Morgan fingerprint density at radius 3 is 2.78 bits per heavy atom. The maximum absolute atomic E-state index is 5.82. The summed E-state index contributed by atoms with van der Waals surface area (Å²) in [5.41, 5.74) is 0.285. The van der Waals surface area contributed by atoms with Crippen LogP contribution in [0.5, 0.6) is 0 Å². The zero-order valence-electron chi connectivity index (χ0n) is 12.0. The van der Waals surface area contributed by atoms with Crippen molar-refractivity contribution in [2.45, 2.75) is 71.9 Å². The standard InChI is InChI=1S/C14H25N3O/c1-10(2)15-9-12-16-17-13(18-12)11-7-5-6-8-14(11,3)4/h10-11,15H,5-9H2,1-4H3. The predicted octanol–water partition coefficient (Wildman–Crippen LogP) is 3.25. The molecule has 1 aliphatic rings. The molecule has 2 rings (SSSR count). The molecule has 1 fully saturated rings. The Kier molecular flexibility index (Phi) is 4.05. The van der Waals surface area contributed by atoms with Gasteiger partial charge in [0.15, 0.2) is 0 Å². The van der Waals surface area contributed by atoms with Gasteiger partial charge in [0.1, 0.15) is 0 Å². The van der Waals surface area contributed by atoms with Gasteiger partial charge in [-0.2, -0.15) is 0 Å². The highest BCUT2D eigenvalue weighted by Crippen LogP contribution is 2.46. The van der Waals surface area contributed by atoms with E-state index in [4.69, 9.17) is 4.42 Å². The molecule has 102 valence electrons. The minimum atomic E-state index is 0.285. The molecule has 1 aromatic heterocycles. The summed E-state index contributed by atoms with van der Waals surface area (Å²) in [7, 11) is 0. The van der Waals surface area contributed by atoms with Crippen LogP contribution in [-0.2, 0) is 6.54 Å². The van der Waals surface area contributed by atoms with Gasteiger partial charge < -0.3 is 9.73 Å². The third-order valence-corrected chi connectivity index (χ3v) is 3.95. The molecule has 0 amide bonds. The molecule has 1 N–H and O–H groups in total. The van der Waals surface area contributed by atoms with Crippen molar-refractivity contribution in [1.29, 1.82) is 0 Å². The van der Waals surface area contributed by atoms with Crippen molar-refractivity contribution in [2.75, 3.05) is 0 Å². The Labute approximate surface area is 110 Å². The second-order valence-corrected chi connectivity index (χ2v) is 6.36. The summed E-state index contributed by atoms with van der Waals surface area (Å²) in [6.07, 6.45) is 5.02. The molecule has 0 spiro atoms. The highest BCUT2D eigenvalue weighted by atomic mass is 16.4. The monoisotopic (exact) mass is 251 g/mol. The minimum Gasteiger partial charge on any atom is -0.424 e. The third kappa shape index (κ3) is 3.10. The van der Waals surface area contributed by atoms with Crippen LogP contribution in [-0.4, -0.2) is 16.2 Å². The largest absolute Gasteiger partial charge is 0.424 e. The summed E-state index contributed by atoms with van der Waals surface area (Å²) in [4.78, 5) is 0. The van der Waals surface area contributed by atoms with Crippen LogP contribution >= 0.6 is 0 Å². The third-order valence-electron chi connectivity index (χ3n) is 3.95. The first-order valence-corrected chi connectivity index (χ1v) is 7.05. The van der Waals surface area contributed by atoms with Gasteiger partial charge in [-0.1, -0.05) is 40.5 Å². The van der Waals surface area contributed by atoms with E-state index < -0.39 is 0 Å². The maximum Gasteiger partial charge on any atom is 0.230 e. The van der Waals surface area contributed by atoms with Crippen LogP contribution in [0.25, 0.3) is 0 Å². The smallest absolute Gasteiger partial charge is 0.230 e. The molecule has 1 atom stereocenters. The molecule has 4 heteroatoms. The van der Waals surface area contributed by atoms with E-state index >= 15 is 0 Å². The highest BCUT2D eigenvalue weighted by Gasteiger charge is 2.36. The average Bonchev–Trinajstić information content (AvgIpc) is 2.74. The van der Waals surface area contributed by atoms with Gasteiger partial charge >= 0.3 is 0 Å². The molecule has 0 bridgehead atoms. The van der Waals surface area contributed by atoms with E-state index in [0.29, 0.717) is 24.4 Å². The van der Waals surface area contributed by atoms with E-state index in [1.807, 2.05) is 0 Å². The van der Waals surface area contributed by atoms with Crippen LogP contribution < -0.4 is 5.32 Å². The van der Waals surface area contributed by atoms with Crippen molar-refractivity contribution in [2.24, 2.45) is 5.41 Å². The van der Waals surface area contributed by atoms with Crippen LogP contribution in [0.15, 0.2) is 4.42 Å². The van der Waals surface area contributed by atoms with Gasteiger partial charge in [-0.15, -0.1) is 10.2 Å². The topological polar surface area (TPSA) is 51.0 Å². The lowest BCUT2D eigenvalue weighted by atomic mass is 9.69. The van der Waals surface area contributed by atoms with Crippen molar-refractivity contribution in [1.82, 2.24) is 15.5 Å². The number of rotatable bonds is 4. The highest BCUT2D eigenvalue weighted by molar-refractivity contribution is 5.01. The number of nitrogens with zero attached hydrogens (tertiary/aromatic N) is 2. The molecule has 4 nitrogen and oxygen atoms in total. The summed E-state index contributed by atoms with van der Waals surface area (Å²) >= 11 is 0. The van der Waals surface area contributed by atoms with Crippen molar-refractivity contribution < 1.29 is 4.42 Å². The molecule has 0 radical (unpaired) electrons. The maximum atomic E-state index is 5.82. The van der Waals surface area contributed by atoms with E-state index in [2.05, 4.69) is 43.2 Å². The van der Waals surface area contributed by atoms with E-state index in [1.165, 1.54) is 25.7 Å². The molecule has 0 aromatic carbocycles. The van der Waals surface area contributed by atoms with E-state index in [1.54, 1.807) is 0 Å². The average molecular weight is 251 g/mol. The SMILES string of the molecule is CC(C)NCc1nnc(C2CCCCC2(C)C)o1. The molecule has 1 saturated carbocycles. The first-order valence-electron chi connectivity index (χ1n) is 7.05. The summed E-state index contributed by atoms with van der Waals surface area (Å²) in [5, 5.41) is 11.7. The first-order chi connectivity index (χ1) is 8.49. The predicted molar refractivity (Wildman–Crippen MR) is 71.3 cm³/mol.